The average molecular weight is 265 g/mol. The largest absolute Gasteiger partial charge is 0.472 e. The van der Waals surface area contributed by atoms with Crippen molar-refractivity contribution < 1.29 is 14.0 Å². The minimum absolute atomic E-state index is 0.180. The number of nitrogens with one attached hydrogen (secondary N) is 3. The van der Waals surface area contributed by atoms with Crippen molar-refractivity contribution >= 4 is 11.9 Å². The van der Waals surface area contributed by atoms with Gasteiger partial charge in [0, 0.05) is 6.04 Å². The minimum Gasteiger partial charge on any atom is -0.472 e. The van der Waals surface area contributed by atoms with Crippen LogP contribution in [0.2, 0.25) is 0 Å². The van der Waals surface area contributed by atoms with Gasteiger partial charge in [-0.3, -0.25) is 10.2 Å². The molecule has 0 spiro atoms. The van der Waals surface area contributed by atoms with E-state index in [4.69, 9.17) is 4.42 Å². The van der Waals surface area contributed by atoms with Crippen LogP contribution in [0.25, 0.3) is 0 Å². The average Bonchev–Trinajstić information content (AvgIpc) is 2.93. The van der Waals surface area contributed by atoms with Gasteiger partial charge in [0.15, 0.2) is 0 Å². The summed E-state index contributed by atoms with van der Waals surface area (Å²) in [4.78, 5) is 23.2. The lowest BCUT2D eigenvalue weighted by Crippen LogP contribution is -2.51. The van der Waals surface area contributed by atoms with Crippen molar-refractivity contribution in [1.82, 2.24) is 16.2 Å². The maximum atomic E-state index is 11.7. The summed E-state index contributed by atoms with van der Waals surface area (Å²) in [6.45, 7) is 2.13. The highest BCUT2D eigenvalue weighted by Gasteiger charge is 2.22. The van der Waals surface area contributed by atoms with Crippen molar-refractivity contribution in [2.24, 2.45) is 5.92 Å². The Balaban J connectivity index is 1.74. The van der Waals surface area contributed by atoms with Crippen LogP contribution in [0, 0.1) is 5.92 Å². The minimum atomic E-state index is -0.402. The Hall–Kier alpha value is -1.98. The molecule has 2 rings (SSSR count). The number of hydrazine groups is 1. The topological polar surface area (TPSA) is 83.4 Å². The Bertz CT molecular complexity index is 430. The lowest BCUT2D eigenvalue weighted by atomic mass is 9.86. The van der Waals surface area contributed by atoms with E-state index in [0.29, 0.717) is 11.5 Å². The molecule has 6 heteroatoms. The summed E-state index contributed by atoms with van der Waals surface area (Å²) in [6.07, 6.45) is 7.20. The second-order valence-corrected chi connectivity index (χ2v) is 4.93. The van der Waals surface area contributed by atoms with E-state index in [1.54, 1.807) is 0 Å². The van der Waals surface area contributed by atoms with E-state index in [1.807, 2.05) is 0 Å². The Morgan fingerprint density at radius 1 is 1.26 bits per heavy atom. The monoisotopic (exact) mass is 265 g/mol. The number of hydrogen-bond acceptors (Lipinski definition) is 3. The number of urea groups is 1. The predicted octanol–water partition coefficient (Wildman–Crippen LogP) is 1.80. The lowest BCUT2D eigenvalue weighted by Gasteiger charge is -2.29. The number of carbonyl (C=O) groups is 2. The molecule has 1 aliphatic carbocycles. The van der Waals surface area contributed by atoms with Gasteiger partial charge in [-0.15, -0.1) is 0 Å². The molecule has 1 saturated carbocycles. The first-order chi connectivity index (χ1) is 9.16. The highest BCUT2D eigenvalue weighted by Crippen LogP contribution is 2.23. The van der Waals surface area contributed by atoms with Gasteiger partial charge in [0.2, 0.25) is 0 Å². The fraction of sp³-hybridized carbons (Fsp3) is 0.538. The van der Waals surface area contributed by atoms with Crippen LogP contribution in [0.3, 0.4) is 0 Å². The molecule has 1 aromatic rings. The number of rotatable bonds is 2. The summed E-state index contributed by atoms with van der Waals surface area (Å²) in [5, 5.41) is 2.88. The molecule has 0 bridgehead atoms. The molecule has 1 aliphatic rings. The van der Waals surface area contributed by atoms with E-state index in [0.717, 1.165) is 19.3 Å². The van der Waals surface area contributed by atoms with Crippen LogP contribution in [0.4, 0.5) is 4.79 Å². The number of hydrogen-bond donors (Lipinski definition) is 3. The summed E-state index contributed by atoms with van der Waals surface area (Å²) < 4.78 is 4.79. The van der Waals surface area contributed by atoms with Crippen molar-refractivity contribution in [3.63, 3.8) is 0 Å². The van der Waals surface area contributed by atoms with Gasteiger partial charge >= 0.3 is 6.03 Å². The third-order valence-electron chi connectivity index (χ3n) is 3.50. The van der Waals surface area contributed by atoms with E-state index >= 15 is 0 Å². The first-order valence-corrected chi connectivity index (χ1v) is 6.56. The van der Waals surface area contributed by atoms with Crippen LogP contribution in [-0.4, -0.2) is 18.0 Å². The van der Waals surface area contributed by atoms with Crippen LogP contribution < -0.4 is 16.2 Å². The Morgan fingerprint density at radius 3 is 2.74 bits per heavy atom. The molecule has 0 aromatic carbocycles. The third-order valence-corrected chi connectivity index (χ3v) is 3.50. The predicted molar refractivity (Wildman–Crippen MR) is 69.3 cm³/mol. The molecule has 6 nitrogen and oxygen atoms in total. The van der Waals surface area contributed by atoms with Gasteiger partial charge in [-0.1, -0.05) is 19.8 Å². The molecule has 0 radical (unpaired) electrons. The smallest absolute Gasteiger partial charge is 0.333 e. The molecule has 104 valence electrons. The number of amides is 3. The maximum absolute atomic E-state index is 11.7. The molecule has 3 N–H and O–H groups in total. The zero-order chi connectivity index (χ0) is 13.7. The molecule has 1 fully saturated rings. The van der Waals surface area contributed by atoms with Crippen LogP contribution >= 0.6 is 0 Å². The van der Waals surface area contributed by atoms with Gasteiger partial charge in [0.1, 0.15) is 6.26 Å². The Kier molecular flexibility index (Phi) is 4.43. The van der Waals surface area contributed by atoms with Gasteiger partial charge in [0.25, 0.3) is 5.91 Å². The first-order valence-electron chi connectivity index (χ1n) is 6.56. The van der Waals surface area contributed by atoms with Gasteiger partial charge < -0.3 is 9.73 Å². The first kappa shape index (κ1) is 13.5. The van der Waals surface area contributed by atoms with Gasteiger partial charge in [-0.05, 0) is 24.8 Å². The van der Waals surface area contributed by atoms with E-state index in [2.05, 4.69) is 23.1 Å². The molecule has 3 amide bonds. The second-order valence-electron chi connectivity index (χ2n) is 4.93. The quantitative estimate of drug-likeness (QED) is 0.713. The summed E-state index contributed by atoms with van der Waals surface area (Å²) in [5.74, 6) is 0.0738. The molecule has 1 heterocycles. The maximum Gasteiger partial charge on any atom is 0.333 e. The van der Waals surface area contributed by atoms with Crippen LogP contribution in [0.1, 0.15) is 43.0 Å². The lowest BCUT2D eigenvalue weighted by molar-refractivity contribution is 0.0934. The molecule has 0 saturated heterocycles. The molecule has 19 heavy (non-hydrogen) atoms. The second kappa shape index (κ2) is 6.26. The van der Waals surface area contributed by atoms with Gasteiger partial charge in [-0.25, -0.2) is 10.2 Å². The Labute approximate surface area is 111 Å². The van der Waals surface area contributed by atoms with E-state index < -0.39 is 5.91 Å². The zero-order valence-corrected chi connectivity index (χ0v) is 10.9. The summed E-state index contributed by atoms with van der Waals surface area (Å²) in [6, 6.07) is 1.33. The normalized spacial score (nSPS) is 22.6. The van der Waals surface area contributed by atoms with Crippen molar-refractivity contribution in [1.29, 1.82) is 0 Å². The fourth-order valence-corrected chi connectivity index (χ4v) is 2.31. The van der Waals surface area contributed by atoms with Gasteiger partial charge in [0.05, 0.1) is 11.8 Å². The van der Waals surface area contributed by atoms with E-state index in [-0.39, 0.29) is 12.1 Å². The van der Waals surface area contributed by atoms with Gasteiger partial charge in [-0.2, -0.15) is 0 Å². The zero-order valence-electron chi connectivity index (χ0n) is 10.9. The third kappa shape index (κ3) is 3.74. The molecule has 2 atom stereocenters. The SMILES string of the molecule is C[C@@H]1CCCC[C@H]1NC(=O)NNC(=O)c1ccoc1. The highest BCUT2D eigenvalue weighted by molar-refractivity contribution is 5.94. The van der Waals surface area contributed by atoms with Crippen molar-refractivity contribution in [3.8, 4) is 0 Å². The van der Waals surface area contributed by atoms with Crippen molar-refractivity contribution in [2.75, 3.05) is 0 Å². The molecular formula is C13H19N3O3. The fourth-order valence-electron chi connectivity index (χ4n) is 2.31. The van der Waals surface area contributed by atoms with Crippen LogP contribution in [-0.2, 0) is 0 Å². The molecular weight excluding hydrogens is 246 g/mol. The molecule has 1 aromatic heterocycles. The summed E-state index contributed by atoms with van der Waals surface area (Å²) in [7, 11) is 0. The number of carbonyl (C=O) groups excluding carboxylic acids is 2. The Morgan fingerprint density at radius 2 is 2.05 bits per heavy atom. The van der Waals surface area contributed by atoms with Crippen molar-refractivity contribution in [3.05, 3.63) is 24.2 Å². The van der Waals surface area contributed by atoms with Crippen molar-refractivity contribution in [2.45, 2.75) is 38.6 Å². The highest BCUT2D eigenvalue weighted by atomic mass is 16.3. The van der Waals surface area contributed by atoms with Crippen LogP contribution in [0.5, 0.6) is 0 Å². The molecule has 0 unspecified atom stereocenters. The van der Waals surface area contributed by atoms with E-state index in [9.17, 15) is 9.59 Å². The summed E-state index contributed by atoms with van der Waals surface area (Å²) >= 11 is 0. The number of furan rings is 1. The van der Waals surface area contributed by atoms with E-state index in [1.165, 1.54) is 25.0 Å². The standard InChI is InChI=1S/C13H19N3O3/c1-9-4-2-3-5-11(9)14-13(18)16-15-12(17)10-6-7-19-8-10/h6-9,11H,2-5H2,1H3,(H,15,17)(H2,14,16,18)/t9-,11-/m1/s1. The molecule has 0 aliphatic heterocycles. The van der Waals surface area contributed by atoms with Crippen LogP contribution in [0.15, 0.2) is 23.0 Å². The summed E-state index contributed by atoms with van der Waals surface area (Å²) in [5.41, 5.74) is 5.04.